The van der Waals surface area contributed by atoms with Gasteiger partial charge in [-0.05, 0) is 19.1 Å². The van der Waals surface area contributed by atoms with Crippen molar-refractivity contribution >= 4 is 26.8 Å². The number of hydrogen-bond donors (Lipinski definition) is 0. The first-order valence-corrected chi connectivity index (χ1v) is 7.47. The molecule has 0 radical (unpaired) electrons. The van der Waals surface area contributed by atoms with Crippen molar-refractivity contribution in [2.24, 2.45) is 0 Å². The highest BCUT2D eigenvalue weighted by Gasteiger charge is 2.13. The summed E-state index contributed by atoms with van der Waals surface area (Å²) in [6.07, 6.45) is 0. The zero-order valence-corrected chi connectivity index (χ0v) is 12.7. The molecule has 0 aliphatic carbocycles. The topological polar surface area (TPSA) is 30.3 Å². The summed E-state index contributed by atoms with van der Waals surface area (Å²) >= 11 is 3.61. The summed E-state index contributed by atoms with van der Waals surface area (Å²) in [4.78, 5) is 2.43. The van der Waals surface area contributed by atoms with E-state index in [1.165, 1.54) is 10.9 Å². The molecular formula is C14H18BrN3O. The normalized spacial score (nSPS) is 17.2. The number of nitrogens with zero attached hydrogens (tertiary/aromatic N) is 3. The van der Waals surface area contributed by atoms with Crippen molar-refractivity contribution < 1.29 is 4.74 Å². The number of aromatic nitrogens is 2. The smallest absolute Gasteiger partial charge is 0.0697 e. The van der Waals surface area contributed by atoms with Gasteiger partial charge < -0.3 is 4.74 Å². The second-order valence-corrected chi connectivity index (χ2v) is 5.75. The largest absolute Gasteiger partial charge is 0.379 e. The lowest BCUT2D eigenvalue weighted by molar-refractivity contribution is 0.0361. The van der Waals surface area contributed by atoms with Gasteiger partial charge in [0.25, 0.3) is 0 Å². The Balaban J connectivity index is 1.79. The Morgan fingerprint density at radius 3 is 2.84 bits per heavy atom. The standard InChI is InChI=1S/C14H18BrN3O/c1-11-14-12(15)3-2-4-13(14)18(16-11)6-5-17-7-9-19-10-8-17/h2-4H,5-10H2,1H3. The van der Waals surface area contributed by atoms with Gasteiger partial charge in [-0.25, -0.2) is 0 Å². The number of rotatable bonds is 3. The fourth-order valence-electron chi connectivity index (χ4n) is 2.60. The molecule has 2 aromatic rings. The van der Waals surface area contributed by atoms with Crippen molar-refractivity contribution in [3.05, 3.63) is 28.4 Å². The Labute approximate surface area is 121 Å². The molecule has 0 bridgehead atoms. The molecule has 4 nitrogen and oxygen atoms in total. The number of halogens is 1. The average molecular weight is 324 g/mol. The first-order chi connectivity index (χ1) is 9.25. The van der Waals surface area contributed by atoms with Crippen LogP contribution in [0.4, 0.5) is 0 Å². The van der Waals surface area contributed by atoms with Gasteiger partial charge in [0.2, 0.25) is 0 Å². The van der Waals surface area contributed by atoms with Crippen molar-refractivity contribution in [1.29, 1.82) is 0 Å². The molecule has 102 valence electrons. The molecule has 1 aromatic carbocycles. The second kappa shape index (κ2) is 5.61. The number of aryl methyl sites for hydroxylation is 1. The lowest BCUT2D eigenvalue weighted by Crippen LogP contribution is -2.38. The number of morpholine rings is 1. The minimum Gasteiger partial charge on any atom is -0.379 e. The molecule has 1 aromatic heterocycles. The molecule has 0 amide bonds. The van der Waals surface area contributed by atoms with Gasteiger partial charge in [0, 0.05) is 29.5 Å². The minimum absolute atomic E-state index is 0.852. The maximum absolute atomic E-state index is 5.37. The van der Waals surface area contributed by atoms with E-state index in [-0.39, 0.29) is 0 Å². The third-order valence-electron chi connectivity index (χ3n) is 3.63. The van der Waals surface area contributed by atoms with Gasteiger partial charge >= 0.3 is 0 Å². The van der Waals surface area contributed by atoms with Gasteiger partial charge in [-0.2, -0.15) is 5.10 Å². The van der Waals surface area contributed by atoms with Crippen LogP contribution in [-0.4, -0.2) is 47.5 Å². The van der Waals surface area contributed by atoms with Gasteiger partial charge in [-0.1, -0.05) is 22.0 Å². The molecule has 0 unspecified atom stereocenters. The summed E-state index contributed by atoms with van der Waals surface area (Å²) in [7, 11) is 0. The molecule has 0 atom stereocenters. The van der Waals surface area contributed by atoms with Gasteiger partial charge in [-0.3, -0.25) is 9.58 Å². The molecule has 5 heteroatoms. The lowest BCUT2D eigenvalue weighted by Gasteiger charge is -2.26. The Morgan fingerprint density at radius 1 is 1.26 bits per heavy atom. The number of fused-ring (bicyclic) bond motifs is 1. The van der Waals surface area contributed by atoms with Gasteiger partial charge in [-0.15, -0.1) is 0 Å². The van der Waals surface area contributed by atoms with E-state index < -0.39 is 0 Å². The average Bonchev–Trinajstić information content (AvgIpc) is 2.76. The van der Waals surface area contributed by atoms with Crippen LogP contribution in [0, 0.1) is 6.92 Å². The van der Waals surface area contributed by atoms with E-state index in [1.807, 2.05) is 0 Å². The lowest BCUT2D eigenvalue weighted by atomic mass is 10.2. The molecule has 2 heterocycles. The molecule has 19 heavy (non-hydrogen) atoms. The highest BCUT2D eigenvalue weighted by atomic mass is 79.9. The van der Waals surface area contributed by atoms with Crippen LogP contribution in [0.15, 0.2) is 22.7 Å². The van der Waals surface area contributed by atoms with Crippen molar-refractivity contribution in [3.8, 4) is 0 Å². The molecular weight excluding hydrogens is 306 g/mol. The van der Waals surface area contributed by atoms with E-state index in [0.717, 1.165) is 49.6 Å². The zero-order valence-electron chi connectivity index (χ0n) is 11.1. The van der Waals surface area contributed by atoms with Gasteiger partial charge in [0.15, 0.2) is 0 Å². The van der Waals surface area contributed by atoms with Crippen LogP contribution in [0.5, 0.6) is 0 Å². The van der Waals surface area contributed by atoms with Gasteiger partial charge in [0.05, 0.1) is 31.0 Å². The van der Waals surface area contributed by atoms with Crippen molar-refractivity contribution in [3.63, 3.8) is 0 Å². The predicted molar refractivity (Wildman–Crippen MR) is 79.4 cm³/mol. The maximum Gasteiger partial charge on any atom is 0.0697 e. The highest BCUT2D eigenvalue weighted by molar-refractivity contribution is 9.10. The van der Waals surface area contributed by atoms with E-state index in [9.17, 15) is 0 Å². The first-order valence-electron chi connectivity index (χ1n) is 6.67. The van der Waals surface area contributed by atoms with Crippen molar-refractivity contribution in [2.75, 3.05) is 32.8 Å². The number of hydrogen-bond acceptors (Lipinski definition) is 3. The summed E-state index contributed by atoms with van der Waals surface area (Å²) in [6, 6.07) is 6.28. The Bertz CT molecular complexity index is 575. The van der Waals surface area contributed by atoms with Gasteiger partial charge in [0.1, 0.15) is 0 Å². The molecule has 1 aliphatic rings. The fraction of sp³-hybridized carbons (Fsp3) is 0.500. The monoisotopic (exact) mass is 323 g/mol. The van der Waals surface area contributed by atoms with Crippen LogP contribution in [0.25, 0.3) is 10.9 Å². The van der Waals surface area contributed by atoms with Crippen LogP contribution in [0.1, 0.15) is 5.69 Å². The summed E-state index contributed by atoms with van der Waals surface area (Å²) in [6.45, 7) is 7.80. The highest BCUT2D eigenvalue weighted by Crippen LogP contribution is 2.26. The molecule has 3 rings (SSSR count). The van der Waals surface area contributed by atoms with E-state index in [4.69, 9.17) is 4.74 Å². The van der Waals surface area contributed by atoms with E-state index in [0.29, 0.717) is 0 Å². The van der Waals surface area contributed by atoms with E-state index >= 15 is 0 Å². The number of benzene rings is 1. The van der Waals surface area contributed by atoms with E-state index in [2.05, 4.69) is 55.7 Å². The SMILES string of the molecule is Cc1nn(CCN2CCOCC2)c2cccc(Br)c12. The molecule has 1 aliphatic heterocycles. The maximum atomic E-state index is 5.37. The van der Waals surface area contributed by atoms with Crippen LogP contribution >= 0.6 is 15.9 Å². The molecule has 0 spiro atoms. The number of ether oxygens (including phenoxy) is 1. The first kappa shape index (κ1) is 13.1. The fourth-order valence-corrected chi connectivity index (χ4v) is 3.24. The predicted octanol–water partition coefficient (Wildman–Crippen LogP) is 2.44. The Kier molecular flexibility index (Phi) is 3.86. The van der Waals surface area contributed by atoms with Crippen molar-refractivity contribution in [2.45, 2.75) is 13.5 Å². The summed E-state index contributed by atoms with van der Waals surface area (Å²) in [5, 5.41) is 5.89. The van der Waals surface area contributed by atoms with Crippen LogP contribution in [0.2, 0.25) is 0 Å². The molecule has 1 saturated heterocycles. The zero-order chi connectivity index (χ0) is 13.2. The van der Waals surface area contributed by atoms with Crippen LogP contribution < -0.4 is 0 Å². The van der Waals surface area contributed by atoms with Crippen molar-refractivity contribution in [1.82, 2.24) is 14.7 Å². The summed E-state index contributed by atoms with van der Waals surface area (Å²) in [5.41, 5.74) is 2.30. The molecule has 0 N–H and O–H groups in total. The molecule has 1 fully saturated rings. The van der Waals surface area contributed by atoms with Crippen LogP contribution in [0.3, 0.4) is 0 Å². The summed E-state index contributed by atoms with van der Waals surface area (Å²) in [5.74, 6) is 0. The third-order valence-corrected chi connectivity index (χ3v) is 4.29. The molecule has 0 saturated carbocycles. The van der Waals surface area contributed by atoms with Crippen LogP contribution in [-0.2, 0) is 11.3 Å². The summed E-state index contributed by atoms with van der Waals surface area (Å²) < 4.78 is 8.61. The minimum atomic E-state index is 0.852. The second-order valence-electron chi connectivity index (χ2n) is 4.90. The Hall–Kier alpha value is -0.910. The third kappa shape index (κ3) is 2.68. The Morgan fingerprint density at radius 2 is 2.05 bits per heavy atom. The van der Waals surface area contributed by atoms with E-state index in [1.54, 1.807) is 0 Å². The quantitative estimate of drug-likeness (QED) is 0.869.